The highest BCUT2D eigenvalue weighted by Crippen LogP contribution is 2.50. The number of hydrogen-bond acceptors (Lipinski definition) is 4. The zero-order chi connectivity index (χ0) is 18.7. The predicted molar refractivity (Wildman–Crippen MR) is 103 cm³/mol. The quantitative estimate of drug-likeness (QED) is 0.495. The molecule has 1 N–H and O–H groups in total. The second-order valence-corrected chi connectivity index (χ2v) is 9.71. The molecule has 1 fully saturated rings. The van der Waals surface area contributed by atoms with Gasteiger partial charge in [0.15, 0.2) is 0 Å². The van der Waals surface area contributed by atoms with E-state index in [-0.39, 0.29) is 5.92 Å². The Kier molecular flexibility index (Phi) is 5.91. The highest BCUT2D eigenvalue weighted by molar-refractivity contribution is 7.84. The van der Waals surface area contributed by atoms with Gasteiger partial charge in [-0.05, 0) is 36.1 Å². The molecule has 0 aromatic heterocycles. The molecule has 2 aromatic carbocycles. The Hall–Kier alpha value is -1.55. The molecule has 2 unspecified atom stereocenters. The molecule has 0 bridgehead atoms. The Bertz CT molecular complexity index is 832. The molecule has 1 saturated carbocycles. The smallest absolute Gasteiger partial charge is 0.409 e. The summed E-state index contributed by atoms with van der Waals surface area (Å²) in [5, 5.41) is 4.43. The van der Waals surface area contributed by atoms with Gasteiger partial charge in [-0.15, -0.1) is 0 Å². The molecule has 1 aliphatic rings. The molecule has 5 nitrogen and oxygen atoms in total. The zero-order valence-electron chi connectivity index (χ0n) is 14.9. The van der Waals surface area contributed by atoms with E-state index in [1.165, 1.54) is 0 Å². The summed E-state index contributed by atoms with van der Waals surface area (Å²) < 4.78 is 23.7. The first-order valence-corrected chi connectivity index (χ1v) is 11.3. The summed E-state index contributed by atoms with van der Waals surface area (Å²) in [7, 11) is 0. The van der Waals surface area contributed by atoms with E-state index in [9.17, 15) is 9.36 Å². The van der Waals surface area contributed by atoms with Gasteiger partial charge in [0.05, 0.1) is 6.61 Å². The highest BCUT2D eigenvalue weighted by atomic mass is 35.7. The number of hydrogen-bond donors (Lipinski definition) is 1. The molecule has 0 radical (unpaired) electrons. The van der Waals surface area contributed by atoms with Crippen molar-refractivity contribution in [3.05, 3.63) is 42.5 Å². The lowest BCUT2D eigenvalue weighted by Crippen LogP contribution is -2.40. The normalized spacial score (nSPS) is 17.7. The van der Waals surface area contributed by atoms with Gasteiger partial charge in [-0.1, -0.05) is 50.2 Å². The first-order valence-electron chi connectivity index (χ1n) is 8.77. The number of rotatable bonds is 8. The van der Waals surface area contributed by atoms with E-state index in [2.05, 4.69) is 5.09 Å². The van der Waals surface area contributed by atoms with Gasteiger partial charge >= 0.3 is 12.8 Å². The fourth-order valence-corrected chi connectivity index (χ4v) is 4.38. The molecule has 3 rings (SSSR count). The van der Waals surface area contributed by atoms with E-state index in [1.54, 1.807) is 12.1 Å². The first-order chi connectivity index (χ1) is 12.4. The highest BCUT2D eigenvalue weighted by Gasteiger charge is 2.34. The van der Waals surface area contributed by atoms with Crippen LogP contribution in [-0.4, -0.2) is 18.6 Å². The van der Waals surface area contributed by atoms with E-state index in [4.69, 9.17) is 20.5 Å². The van der Waals surface area contributed by atoms with Gasteiger partial charge in [0.2, 0.25) is 0 Å². The molecule has 2 atom stereocenters. The van der Waals surface area contributed by atoms with Crippen molar-refractivity contribution in [2.75, 3.05) is 6.61 Å². The second-order valence-electron chi connectivity index (χ2n) is 6.97. The van der Waals surface area contributed by atoms with Crippen LogP contribution < -0.4 is 9.61 Å². The Labute approximate surface area is 158 Å². The summed E-state index contributed by atoms with van der Waals surface area (Å²) >= 11 is 6.14. The summed E-state index contributed by atoms with van der Waals surface area (Å²) in [6.07, 6.45) is 2.18. The predicted octanol–water partition coefficient (Wildman–Crippen LogP) is 5.13. The summed E-state index contributed by atoms with van der Waals surface area (Å²) in [6, 6.07) is 12.2. The third-order valence-corrected chi connectivity index (χ3v) is 5.86. The van der Waals surface area contributed by atoms with Gasteiger partial charge in [-0.2, -0.15) is 0 Å². The number of halogens is 1. The molecule has 0 aliphatic heterocycles. The largest absolute Gasteiger partial charge is 0.464 e. The average Bonchev–Trinajstić information content (AvgIpc) is 3.42. The van der Waals surface area contributed by atoms with Gasteiger partial charge in [-0.3, -0.25) is 4.79 Å². The zero-order valence-corrected chi connectivity index (χ0v) is 16.5. The van der Waals surface area contributed by atoms with Crippen molar-refractivity contribution in [2.45, 2.75) is 32.7 Å². The minimum atomic E-state index is -3.79. The topological polar surface area (TPSA) is 64.6 Å². The van der Waals surface area contributed by atoms with Crippen LogP contribution in [0.25, 0.3) is 10.8 Å². The molecule has 7 heteroatoms. The van der Waals surface area contributed by atoms with E-state index in [1.807, 2.05) is 44.2 Å². The maximum absolute atomic E-state index is 12.8. The maximum atomic E-state index is 12.8. The van der Waals surface area contributed by atoms with Crippen LogP contribution >= 0.6 is 18.1 Å². The van der Waals surface area contributed by atoms with E-state index in [0.29, 0.717) is 18.3 Å². The molecule has 0 amide bonds. The van der Waals surface area contributed by atoms with Crippen molar-refractivity contribution < 1.29 is 18.6 Å². The Morgan fingerprint density at radius 3 is 2.62 bits per heavy atom. The van der Waals surface area contributed by atoms with Gasteiger partial charge in [0.25, 0.3) is 0 Å². The minimum Gasteiger partial charge on any atom is -0.464 e. The molecule has 0 heterocycles. The minimum absolute atomic E-state index is 0.148. The fourth-order valence-electron chi connectivity index (χ4n) is 2.64. The fraction of sp³-hybridized carbons (Fsp3) is 0.421. The van der Waals surface area contributed by atoms with E-state index < -0.39 is 18.9 Å². The third kappa shape index (κ3) is 5.00. The molecule has 140 valence electrons. The van der Waals surface area contributed by atoms with Crippen molar-refractivity contribution >= 4 is 34.9 Å². The number of benzene rings is 2. The SMILES string of the molecule is CC(C)C(NP(=O)(Cl)Oc1cccc2ccccc12)C(=O)OCC1CC1. The maximum Gasteiger partial charge on any atom is 0.409 e. The van der Waals surface area contributed by atoms with Gasteiger partial charge in [-0.25, -0.2) is 9.65 Å². The number of nitrogens with one attached hydrogen (secondary N) is 1. The van der Waals surface area contributed by atoms with Crippen LogP contribution in [0, 0.1) is 11.8 Å². The molecular formula is C19H23ClNO4P. The van der Waals surface area contributed by atoms with Gasteiger partial charge in [0.1, 0.15) is 11.8 Å². The van der Waals surface area contributed by atoms with Crippen molar-refractivity contribution in [3.8, 4) is 5.75 Å². The van der Waals surface area contributed by atoms with E-state index >= 15 is 0 Å². The van der Waals surface area contributed by atoms with Crippen LogP contribution in [0.1, 0.15) is 26.7 Å². The van der Waals surface area contributed by atoms with Crippen molar-refractivity contribution in [1.29, 1.82) is 0 Å². The number of carbonyl (C=O) groups is 1. The summed E-state index contributed by atoms with van der Waals surface area (Å²) in [5.74, 6) is 0.267. The van der Waals surface area contributed by atoms with Gasteiger partial charge in [0, 0.05) is 16.6 Å². The van der Waals surface area contributed by atoms with Crippen LogP contribution in [-0.2, 0) is 14.1 Å². The molecule has 0 spiro atoms. The third-order valence-electron chi connectivity index (χ3n) is 4.34. The molecular weight excluding hydrogens is 373 g/mol. The van der Waals surface area contributed by atoms with Crippen molar-refractivity contribution in [1.82, 2.24) is 5.09 Å². The van der Waals surface area contributed by atoms with Crippen LogP contribution in [0.4, 0.5) is 0 Å². The monoisotopic (exact) mass is 395 g/mol. The van der Waals surface area contributed by atoms with Gasteiger partial charge < -0.3 is 9.26 Å². The van der Waals surface area contributed by atoms with Crippen LogP contribution in [0.5, 0.6) is 5.75 Å². The van der Waals surface area contributed by atoms with Crippen LogP contribution in [0.15, 0.2) is 42.5 Å². The average molecular weight is 396 g/mol. The molecule has 26 heavy (non-hydrogen) atoms. The summed E-state index contributed by atoms with van der Waals surface area (Å²) in [4.78, 5) is 12.3. The number of ether oxygens (including phenoxy) is 1. The van der Waals surface area contributed by atoms with Crippen molar-refractivity contribution in [3.63, 3.8) is 0 Å². The number of fused-ring (bicyclic) bond motifs is 1. The van der Waals surface area contributed by atoms with E-state index in [0.717, 1.165) is 23.6 Å². The van der Waals surface area contributed by atoms with Crippen LogP contribution in [0.2, 0.25) is 0 Å². The second kappa shape index (κ2) is 7.99. The number of esters is 1. The lowest BCUT2D eigenvalue weighted by atomic mass is 10.1. The number of carbonyl (C=O) groups excluding carboxylic acids is 1. The standard InChI is InChI=1S/C19H23ClNO4P/c1-13(2)18(19(22)24-12-14-10-11-14)21-26(20,23)25-17-9-5-7-15-6-3-4-8-16(15)17/h3-9,13-14,18H,10-12H2,1-2H3,(H,21,23). The summed E-state index contributed by atoms with van der Waals surface area (Å²) in [5.41, 5.74) is 0. The lowest BCUT2D eigenvalue weighted by Gasteiger charge is -2.24. The Balaban J connectivity index is 1.72. The lowest BCUT2D eigenvalue weighted by molar-refractivity contribution is -0.147. The molecule has 1 aliphatic carbocycles. The first kappa shape index (κ1) is 19.2. The molecule has 0 saturated heterocycles. The Morgan fingerprint density at radius 2 is 1.92 bits per heavy atom. The van der Waals surface area contributed by atoms with Crippen molar-refractivity contribution in [2.24, 2.45) is 11.8 Å². The molecule has 2 aromatic rings. The Morgan fingerprint density at radius 1 is 1.23 bits per heavy atom. The van der Waals surface area contributed by atoms with Crippen LogP contribution in [0.3, 0.4) is 0 Å². The summed E-state index contributed by atoms with van der Waals surface area (Å²) in [6.45, 7) is 0.287.